The van der Waals surface area contributed by atoms with Crippen LogP contribution in [0.15, 0.2) is 30.0 Å². The predicted molar refractivity (Wildman–Crippen MR) is 62.8 cm³/mol. The van der Waals surface area contributed by atoms with E-state index in [-0.39, 0.29) is 0 Å². The zero-order valence-corrected chi connectivity index (χ0v) is 10.6. The summed E-state index contributed by atoms with van der Waals surface area (Å²) >= 11 is 0. The lowest BCUT2D eigenvalue weighted by atomic mass is 10.1. The SMILES string of the molecule is CN(C)Cc1ccc(C=C[SiH3])cc1. The van der Waals surface area contributed by atoms with Crippen molar-refractivity contribution in [2.45, 2.75) is 6.54 Å². The summed E-state index contributed by atoms with van der Waals surface area (Å²) in [7, 11) is 5.31. The first-order chi connectivity index (χ1) is 6.22. The monoisotopic (exact) mass is 191 g/mol. The molecule has 0 aromatic heterocycles. The first-order valence-corrected chi connectivity index (χ1v) is 5.74. The minimum Gasteiger partial charge on any atom is -0.305 e. The number of hydrogen-bond donors (Lipinski definition) is 0. The number of nitrogens with zero attached hydrogens (tertiary/aromatic N) is 1. The summed E-state index contributed by atoms with van der Waals surface area (Å²) in [4.78, 5) is 2.18. The minimum absolute atomic E-state index is 1.02. The Morgan fingerprint density at radius 3 is 2.31 bits per heavy atom. The molecule has 0 saturated carbocycles. The second-order valence-electron chi connectivity index (χ2n) is 3.48. The molecule has 0 aliphatic carbocycles. The van der Waals surface area contributed by atoms with Gasteiger partial charge in [0.05, 0.1) is 0 Å². The van der Waals surface area contributed by atoms with Gasteiger partial charge in [-0.1, -0.05) is 30.3 Å². The summed E-state index contributed by atoms with van der Waals surface area (Å²) in [5.41, 5.74) is 4.87. The summed E-state index contributed by atoms with van der Waals surface area (Å²) < 4.78 is 0. The van der Waals surface area contributed by atoms with E-state index in [1.54, 1.807) is 0 Å². The molecule has 0 unspecified atom stereocenters. The minimum atomic E-state index is 1.02. The Kier molecular flexibility index (Phi) is 3.93. The maximum atomic E-state index is 2.20. The third kappa shape index (κ3) is 3.57. The van der Waals surface area contributed by atoms with Crippen LogP contribution in [0.4, 0.5) is 0 Å². The molecule has 0 aliphatic rings. The van der Waals surface area contributed by atoms with E-state index in [4.69, 9.17) is 0 Å². The van der Waals surface area contributed by atoms with Crippen LogP contribution < -0.4 is 0 Å². The van der Waals surface area contributed by atoms with E-state index < -0.39 is 0 Å². The Bertz CT molecular complexity index is 275. The molecule has 70 valence electrons. The molecule has 2 heteroatoms. The molecular weight excluding hydrogens is 174 g/mol. The van der Waals surface area contributed by atoms with E-state index >= 15 is 0 Å². The van der Waals surface area contributed by atoms with Crippen LogP contribution in [0.1, 0.15) is 11.1 Å². The van der Waals surface area contributed by atoms with E-state index in [9.17, 15) is 0 Å². The molecule has 0 fully saturated rings. The lowest BCUT2D eigenvalue weighted by molar-refractivity contribution is 0.402. The fourth-order valence-electron chi connectivity index (χ4n) is 1.29. The van der Waals surface area contributed by atoms with Crippen LogP contribution in [0, 0.1) is 0 Å². The quantitative estimate of drug-likeness (QED) is 0.646. The topological polar surface area (TPSA) is 3.24 Å². The fourth-order valence-corrected chi connectivity index (χ4v) is 1.68. The van der Waals surface area contributed by atoms with Gasteiger partial charge in [0.15, 0.2) is 0 Å². The van der Waals surface area contributed by atoms with Crippen molar-refractivity contribution < 1.29 is 0 Å². The molecule has 0 atom stereocenters. The third-order valence-electron chi connectivity index (χ3n) is 1.84. The largest absolute Gasteiger partial charge is 0.305 e. The highest BCUT2D eigenvalue weighted by molar-refractivity contribution is 6.19. The van der Waals surface area contributed by atoms with Gasteiger partial charge in [0.25, 0.3) is 0 Å². The third-order valence-corrected chi connectivity index (χ3v) is 2.17. The van der Waals surface area contributed by atoms with Gasteiger partial charge in [0.1, 0.15) is 0 Å². The molecule has 1 nitrogen and oxygen atoms in total. The van der Waals surface area contributed by atoms with Crippen LogP contribution >= 0.6 is 0 Å². The smallest absolute Gasteiger partial charge is 0.0291 e. The van der Waals surface area contributed by atoms with Crippen LogP contribution in [0.5, 0.6) is 0 Å². The molecule has 0 radical (unpaired) electrons. The Morgan fingerprint density at radius 1 is 1.23 bits per heavy atom. The molecule has 0 heterocycles. The van der Waals surface area contributed by atoms with Crippen molar-refractivity contribution in [1.29, 1.82) is 0 Å². The Balaban J connectivity index is 2.69. The van der Waals surface area contributed by atoms with Crippen molar-refractivity contribution >= 4 is 16.3 Å². The second-order valence-corrected chi connectivity index (χ2v) is 4.15. The summed E-state index contributed by atoms with van der Waals surface area (Å²) in [6.45, 7) is 1.02. The van der Waals surface area contributed by atoms with Crippen molar-refractivity contribution in [3.8, 4) is 0 Å². The number of benzene rings is 1. The molecule has 1 aromatic rings. The van der Waals surface area contributed by atoms with Crippen molar-refractivity contribution in [3.63, 3.8) is 0 Å². The molecular formula is C11H17NSi. The van der Waals surface area contributed by atoms with E-state index in [2.05, 4.69) is 55.0 Å². The molecule has 1 rings (SSSR count). The normalized spacial score (nSPS) is 11.6. The van der Waals surface area contributed by atoms with Gasteiger partial charge in [-0.3, -0.25) is 0 Å². The van der Waals surface area contributed by atoms with Crippen LogP contribution in [0.3, 0.4) is 0 Å². The van der Waals surface area contributed by atoms with Gasteiger partial charge in [-0.05, 0) is 25.2 Å². The Morgan fingerprint density at radius 2 is 1.85 bits per heavy atom. The summed E-state index contributed by atoms with van der Waals surface area (Å²) in [5, 5.41) is 0. The van der Waals surface area contributed by atoms with Gasteiger partial charge in [-0.15, -0.1) is 5.70 Å². The first-order valence-electron chi connectivity index (χ1n) is 4.58. The van der Waals surface area contributed by atoms with Gasteiger partial charge in [-0.25, -0.2) is 0 Å². The van der Waals surface area contributed by atoms with Gasteiger partial charge in [0.2, 0.25) is 0 Å². The zero-order valence-electron chi connectivity index (χ0n) is 8.62. The summed E-state index contributed by atoms with van der Waals surface area (Å²) in [6, 6.07) is 8.73. The van der Waals surface area contributed by atoms with Gasteiger partial charge in [-0.2, -0.15) is 0 Å². The second kappa shape index (κ2) is 4.99. The summed E-state index contributed by atoms with van der Waals surface area (Å²) in [6.07, 6.45) is 2.17. The van der Waals surface area contributed by atoms with E-state index in [0.717, 1.165) is 16.8 Å². The molecule has 13 heavy (non-hydrogen) atoms. The zero-order chi connectivity index (χ0) is 9.68. The lowest BCUT2D eigenvalue weighted by Gasteiger charge is -2.09. The Hall–Kier alpha value is -0.863. The van der Waals surface area contributed by atoms with Crippen molar-refractivity contribution in [2.75, 3.05) is 14.1 Å². The first kappa shape index (κ1) is 10.2. The van der Waals surface area contributed by atoms with Crippen LogP contribution in [-0.4, -0.2) is 29.2 Å². The average molecular weight is 191 g/mol. The molecule has 0 amide bonds. The molecule has 1 aromatic carbocycles. The maximum Gasteiger partial charge on any atom is 0.0291 e. The van der Waals surface area contributed by atoms with E-state index in [1.807, 2.05) is 0 Å². The van der Waals surface area contributed by atoms with E-state index in [0.29, 0.717) is 0 Å². The molecule has 0 spiro atoms. The standard InChI is InChI=1S/C11H17NSi/c1-12(2)9-11-5-3-10(4-6-11)7-8-13/h3-8H,9H2,1-2,13H3. The van der Waals surface area contributed by atoms with E-state index in [1.165, 1.54) is 11.1 Å². The number of hydrogen-bond acceptors (Lipinski definition) is 1. The van der Waals surface area contributed by atoms with Gasteiger partial charge in [0, 0.05) is 16.8 Å². The molecule has 0 saturated heterocycles. The Labute approximate surface area is 83.5 Å². The van der Waals surface area contributed by atoms with Gasteiger partial charge >= 0.3 is 0 Å². The molecule has 0 N–H and O–H groups in total. The van der Waals surface area contributed by atoms with Gasteiger partial charge < -0.3 is 4.90 Å². The molecule has 0 aliphatic heterocycles. The highest BCUT2D eigenvalue weighted by Gasteiger charge is 1.93. The maximum absolute atomic E-state index is 2.20. The van der Waals surface area contributed by atoms with Crippen LogP contribution in [-0.2, 0) is 6.54 Å². The summed E-state index contributed by atoms with van der Waals surface area (Å²) in [5.74, 6) is 0. The van der Waals surface area contributed by atoms with Crippen LogP contribution in [0.2, 0.25) is 0 Å². The average Bonchev–Trinajstić information content (AvgIpc) is 2.08. The van der Waals surface area contributed by atoms with Crippen molar-refractivity contribution in [2.24, 2.45) is 0 Å². The molecule has 0 bridgehead atoms. The predicted octanol–water partition coefficient (Wildman–Crippen LogP) is 1.08. The lowest BCUT2D eigenvalue weighted by Crippen LogP contribution is -2.10. The van der Waals surface area contributed by atoms with Crippen molar-refractivity contribution in [3.05, 3.63) is 41.1 Å². The van der Waals surface area contributed by atoms with Crippen LogP contribution in [0.25, 0.3) is 6.08 Å². The van der Waals surface area contributed by atoms with Crippen molar-refractivity contribution in [1.82, 2.24) is 4.90 Å². The number of rotatable bonds is 3. The fraction of sp³-hybridized carbons (Fsp3) is 0.273. The highest BCUT2D eigenvalue weighted by Crippen LogP contribution is 2.06. The highest BCUT2D eigenvalue weighted by atomic mass is 28.1.